The van der Waals surface area contributed by atoms with Gasteiger partial charge in [-0.2, -0.15) is 0 Å². The van der Waals surface area contributed by atoms with Crippen LogP contribution < -0.4 is 9.80 Å². The van der Waals surface area contributed by atoms with Crippen LogP contribution in [0.25, 0.3) is 0 Å². The Hall–Kier alpha value is 0.142. The molecular formula is C32H54Cl2N2P2Pd-2. The molecule has 2 atom stereocenters. The van der Waals surface area contributed by atoms with Crippen molar-refractivity contribution >= 4 is 42.7 Å². The zero-order valence-corrected chi connectivity index (χ0v) is 31.7. The minimum absolute atomic E-state index is 0.00316. The molecule has 228 valence electrons. The molecule has 2 aromatic rings. The van der Waals surface area contributed by atoms with Crippen molar-refractivity contribution < 1.29 is 12.5 Å². The summed E-state index contributed by atoms with van der Waals surface area (Å²) in [5.41, 5.74) is 5.18. The first-order chi connectivity index (χ1) is 17.5. The molecule has 0 saturated heterocycles. The van der Waals surface area contributed by atoms with Crippen molar-refractivity contribution in [3.8, 4) is 0 Å². The van der Waals surface area contributed by atoms with Crippen molar-refractivity contribution in [3.63, 3.8) is 0 Å². The van der Waals surface area contributed by atoms with Crippen LogP contribution in [0.3, 0.4) is 0 Å². The number of hydrogen-bond acceptors (Lipinski definition) is 2. The third-order valence-electron chi connectivity index (χ3n) is 6.60. The first kappa shape index (κ1) is 35.3. The van der Waals surface area contributed by atoms with Gasteiger partial charge in [0.15, 0.2) is 0 Å². The third-order valence-corrected chi connectivity index (χ3v) is 40.8. The average molecular weight is 706 g/mol. The predicted molar refractivity (Wildman–Crippen MR) is 182 cm³/mol. The number of anilines is 2. The predicted octanol–water partition coefficient (Wildman–Crippen LogP) is 11.0. The van der Waals surface area contributed by atoms with E-state index in [-0.39, 0.29) is 20.6 Å². The topological polar surface area (TPSA) is 6.48 Å². The molecule has 2 nitrogen and oxygen atoms in total. The Bertz CT molecular complexity index is 982. The molecule has 0 spiro atoms. The van der Waals surface area contributed by atoms with E-state index in [1.807, 2.05) is 0 Å². The summed E-state index contributed by atoms with van der Waals surface area (Å²) in [6.45, 7) is 24.0. The van der Waals surface area contributed by atoms with Crippen LogP contribution in [-0.4, -0.2) is 48.8 Å². The van der Waals surface area contributed by atoms with Crippen molar-refractivity contribution in [3.05, 3.63) is 59.7 Å². The van der Waals surface area contributed by atoms with E-state index >= 15 is 0 Å². The van der Waals surface area contributed by atoms with E-state index in [1.54, 1.807) is 0 Å². The Morgan fingerprint density at radius 2 is 0.795 bits per heavy atom. The summed E-state index contributed by atoms with van der Waals surface area (Å²) in [5.74, 6) is 0. The molecule has 7 heteroatoms. The van der Waals surface area contributed by atoms with Crippen molar-refractivity contribution in [2.75, 3.05) is 38.0 Å². The number of nitrogens with zero attached hydrogens (tertiary/aromatic N) is 2. The monoisotopic (exact) mass is 704 g/mol. The molecule has 0 saturated carbocycles. The number of halogens is 2. The minimum atomic E-state index is -2.97. The van der Waals surface area contributed by atoms with Crippen molar-refractivity contribution in [1.29, 1.82) is 0 Å². The molecule has 0 aliphatic rings. The van der Waals surface area contributed by atoms with E-state index in [9.17, 15) is 0 Å². The van der Waals surface area contributed by atoms with Crippen molar-refractivity contribution in [2.45, 2.75) is 103 Å². The number of rotatable bonds is 10. The molecule has 0 amide bonds. The zero-order chi connectivity index (χ0) is 30.2. The molecule has 0 heterocycles. The maximum atomic E-state index is 8.03. The SMILES string of the molecule is CN(C)c1ccc(CC(C)(C)[P](C(C)(C)C)[Pd-2]([Cl])([Cl])[P](C(C)(C)C)C(C)(C)Cc2ccc(N(C)C)cc2)cc1. The molecule has 0 N–H and O–H groups in total. The zero-order valence-electron chi connectivity index (χ0n) is 26.9. The quantitative estimate of drug-likeness (QED) is 0.179. The van der Waals surface area contributed by atoms with Gasteiger partial charge in [-0.05, 0) is 0 Å². The van der Waals surface area contributed by atoms with Gasteiger partial charge in [-0.15, -0.1) is 0 Å². The van der Waals surface area contributed by atoms with Crippen LogP contribution in [0.15, 0.2) is 48.5 Å². The molecule has 0 aliphatic carbocycles. The van der Waals surface area contributed by atoms with Gasteiger partial charge in [0, 0.05) is 0 Å². The van der Waals surface area contributed by atoms with E-state index in [4.69, 9.17) is 19.1 Å². The summed E-state index contributed by atoms with van der Waals surface area (Å²) >= 11 is -2.97. The Morgan fingerprint density at radius 3 is 1.00 bits per heavy atom. The fourth-order valence-electron chi connectivity index (χ4n) is 5.80. The van der Waals surface area contributed by atoms with E-state index < -0.39 is 24.7 Å². The second-order valence-electron chi connectivity index (χ2n) is 14.3. The van der Waals surface area contributed by atoms with Crippen LogP contribution in [0.1, 0.15) is 80.4 Å². The first-order valence-corrected chi connectivity index (χ1v) is 24.2. The van der Waals surface area contributed by atoms with E-state index in [0.29, 0.717) is 0 Å². The van der Waals surface area contributed by atoms with E-state index in [2.05, 4.69) is 156 Å². The third kappa shape index (κ3) is 9.06. The molecule has 2 unspecified atom stereocenters. The van der Waals surface area contributed by atoms with Gasteiger partial charge in [-0.1, -0.05) is 0 Å². The van der Waals surface area contributed by atoms with E-state index in [1.165, 1.54) is 22.5 Å². The first-order valence-electron chi connectivity index (χ1n) is 13.7. The number of hydrogen-bond donors (Lipinski definition) is 0. The summed E-state index contributed by atoms with van der Waals surface area (Å²) in [6.07, 6.45) is 0.582. The Morgan fingerprint density at radius 1 is 0.538 bits per heavy atom. The molecule has 0 aliphatic heterocycles. The molecular weight excluding hydrogens is 652 g/mol. The molecule has 0 fully saturated rings. The molecule has 0 aromatic heterocycles. The van der Waals surface area contributed by atoms with Gasteiger partial charge < -0.3 is 0 Å². The molecule has 0 bridgehead atoms. The van der Waals surface area contributed by atoms with Gasteiger partial charge in [0.2, 0.25) is 0 Å². The van der Waals surface area contributed by atoms with Crippen LogP contribution in [0.4, 0.5) is 11.4 Å². The molecule has 39 heavy (non-hydrogen) atoms. The van der Waals surface area contributed by atoms with Crippen molar-refractivity contribution in [2.24, 2.45) is 0 Å². The molecule has 2 aromatic carbocycles. The fraction of sp³-hybridized carbons (Fsp3) is 0.625. The maximum absolute atomic E-state index is 8.03. The number of benzene rings is 2. The van der Waals surface area contributed by atoms with Crippen molar-refractivity contribution in [1.82, 2.24) is 0 Å². The van der Waals surface area contributed by atoms with Gasteiger partial charge in [0.1, 0.15) is 0 Å². The normalized spacial score (nSPS) is 15.6. The van der Waals surface area contributed by atoms with Crippen LogP contribution in [0.2, 0.25) is 0 Å². The van der Waals surface area contributed by atoms with Gasteiger partial charge >= 0.3 is 256 Å². The summed E-state index contributed by atoms with van der Waals surface area (Å²) in [5, 5.41) is 0.0865. The summed E-state index contributed by atoms with van der Waals surface area (Å²) in [4.78, 5) is 4.30. The van der Waals surface area contributed by atoms with Gasteiger partial charge in [-0.3, -0.25) is 0 Å². The molecule has 0 radical (unpaired) electrons. The van der Waals surface area contributed by atoms with Gasteiger partial charge in [0.05, 0.1) is 0 Å². The van der Waals surface area contributed by atoms with Crippen LogP contribution in [-0.2, 0) is 25.3 Å². The van der Waals surface area contributed by atoms with Gasteiger partial charge in [-0.25, -0.2) is 0 Å². The molecule has 2 rings (SSSR count). The summed E-state index contributed by atoms with van der Waals surface area (Å²) in [7, 11) is 24.4. The average Bonchev–Trinajstić information content (AvgIpc) is 2.70. The fourth-order valence-corrected chi connectivity index (χ4v) is 64.8. The summed E-state index contributed by atoms with van der Waals surface area (Å²) in [6, 6.07) is 18.0. The standard InChI is InChI=1S/2C16H27NP.2ClH.Pd/c2*1-15(2,3)18-16(4,5)12-13-8-10-14(11-9-13)17(6)7;;;/h2*8-11H,12H2,1-7H3;2*1H;/q2*-1;;;+2/p-2. The van der Waals surface area contributed by atoms with E-state index in [0.717, 1.165) is 12.8 Å². The van der Waals surface area contributed by atoms with Crippen LogP contribution in [0, 0.1) is 0 Å². The van der Waals surface area contributed by atoms with Crippen LogP contribution >= 0.6 is 31.3 Å². The Labute approximate surface area is 254 Å². The Balaban J connectivity index is 2.54. The second kappa shape index (κ2) is 12.8. The summed E-state index contributed by atoms with van der Waals surface area (Å²) < 4.78 is 0. The second-order valence-corrected chi connectivity index (χ2v) is 41.4. The van der Waals surface area contributed by atoms with Gasteiger partial charge in [0.25, 0.3) is 0 Å². The van der Waals surface area contributed by atoms with Crippen LogP contribution in [0.5, 0.6) is 0 Å². The Kier molecular flexibility index (Phi) is 11.6.